The lowest BCUT2D eigenvalue weighted by Gasteiger charge is -2.02. The van der Waals surface area contributed by atoms with Crippen LogP contribution in [0.25, 0.3) is 0 Å². The highest BCUT2D eigenvalue weighted by atomic mass is 32.2. The van der Waals surface area contributed by atoms with E-state index in [9.17, 15) is 4.79 Å². The summed E-state index contributed by atoms with van der Waals surface area (Å²) in [7, 11) is 0. The summed E-state index contributed by atoms with van der Waals surface area (Å²) in [5.74, 6) is -0.455. The Morgan fingerprint density at radius 1 is 1.78 bits per heavy atom. The fourth-order valence-electron chi connectivity index (χ4n) is 0.453. The van der Waals surface area contributed by atoms with Crippen molar-refractivity contribution in [2.75, 3.05) is 12.0 Å². The Kier molecular flexibility index (Phi) is 4.53. The molecule has 1 unspecified atom stereocenters. The number of hydrogen-bond donors (Lipinski definition) is 2. The molecule has 0 aliphatic carbocycles. The van der Waals surface area contributed by atoms with Crippen molar-refractivity contribution in [3.05, 3.63) is 0 Å². The summed E-state index contributed by atoms with van der Waals surface area (Å²) in [5, 5.41) is 17.0. The van der Waals surface area contributed by atoms with Crippen LogP contribution in [0.3, 0.4) is 0 Å². The van der Waals surface area contributed by atoms with Gasteiger partial charge in [0.15, 0.2) is 0 Å². The van der Waals surface area contributed by atoms with Crippen molar-refractivity contribution in [2.24, 2.45) is 0 Å². The van der Waals surface area contributed by atoms with E-state index in [-0.39, 0.29) is 6.42 Å². The van der Waals surface area contributed by atoms with E-state index in [0.29, 0.717) is 5.75 Å². The third-order valence-corrected chi connectivity index (χ3v) is 1.49. The second-order valence-corrected chi connectivity index (χ2v) is 2.62. The third kappa shape index (κ3) is 5.65. The highest BCUT2D eigenvalue weighted by Crippen LogP contribution is 1.99. The second-order valence-electron chi connectivity index (χ2n) is 1.71. The van der Waals surface area contributed by atoms with Crippen LogP contribution < -0.4 is 0 Å². The molecule has 0 rings (SSSR count). The van der Waals surface area contributed by atoms with Gasteiger partial charge in [-0.3, -0.25) is 4.79 Å². The molecule has 0 bridgehead atoms. The predicted octanol–water partition coefficient (Wildman–Crippen LogP) is 0.185. The van der Waals surface area contributed by atoms with Gasteiger partial charge < -0.3 is 10.2 Å². The first-order valence-corrected chi connectivity index (χ1v) is 3.95. The van der Waals surface area contributed by atoms with Gasteiger partial charge in [0.05, 0.1) is 12.5 Å². The monoisotopic (exact) mass is 150 g/mol. The third-order valence-electron chi connectivity index (χ3n) is 0.769. The Hall–Kier alpha value is -0.220. The van der Waals surface area contributed by atoms with Crippen molar-refractivity contribution < 1.29 is 15.0 Å². The molecule has 0 aliphatic heterocycles. The summed E-state index contributed by atoms with van der Waals surface area (Å²) in [6, 6.07) is 0. The molecule has 0 saturated carbocycles. The lowest BCUT2D eigenvalue weighted by Crippen LogP contribution is -2.14. The number of rotatable bonds is 4. The molecular formula is C5H10O3S. The van der Waals surface area contributed by atoms with Crippen molar-refractivity contribution in [3.8, 4) is 0 Å². The lowest BCUT2D eigenvalue weighted by molar-refractivity contribution is -0.138. The first-order valence-electron chi connectivity index (χ1n) is 2.55. The van der Waals surface area contributed by atoms with Crippen molar-refractivity contribution in [3.63, 3.8) is 0 Å². The maximum absolute atomic E-state index is 9.92. The van der Waals surface area contributed by atoms with Crippen molar-refractivity contribution in [2.45, 2.75) is 12.5 Å². The zero-order valence-electron chi connectivity index (χ0n) is 5.20. The zero-order chi connectivity index (χ0) is 7.28. The predicted molar refractivity (Wildman–Crippen MR) is 36.6 cm³/mol. The summed E-state index contributed by atoms with van der Waals surface area (Å²) in [6.07, 6.45) is 0.976. The highest BCUT2D eigenvalue weighted by molar-refractivity contribution is 7.98. The quantitative estimate of drug-likeness (QED) is 0.600. The minimum absolute atomic E-state index is 0.152. The van der Waals surface area contributed by atoms with Gasteiger partial charge in [-0.05, 0) is 6.26 Å². The van der Waals surface area contributed by atoms with Gasteiger partial charge in [-0.2, -0.15) is 11.8 Å². The van der Waals surface area contributed by atoms with Crippen LogP contribution in [0.2, 0.25) is 0 Å². The second kappa shape index (κ2) is 4.64. The van der Waals surface area contributed by atoms with Crippen LogP contribution >= 0.6 is 11.8 Å². The number of aliphatic hydroxyl groups is 1. The molecule has 0 aromatic carbocycles. The summed E-state index contributed by atoms with van der Waals surface area (Å²) in [6.45, 7) is 0. The summed E-state index contributed by atoms with van der Waals surface area (Å²) in [5.41, 5.74) is 0. The number of aliphatic carboxylic acids is 1. The molecule has 0 aromatic heterocycles. The Bertz CT molecular complexity index is 94.2. The number of carboxylic acid groups (broad SMARTS) is 1. The van der Waals surface area contributed by atoms with Crippen LogP contribution in [-0.2, 0) is 4.79 Å². The van der Waals surface area contributed by atoms with Crippen LogP contribution in [0.4, 0.5) is 0 Å². The van der Waals surface area contributed by atoms with Crippen molar-refractivity contribution >= 4 is 17.7 Å². The van der Waals surface area contributed by atoms with E-state index >= 15 is 0 Å². The molecule has 54 valence electrons. The Balaban J connectivity index is 3.26. The molecule has 0 fully saturated rings. The largest absolute Gasteiger partial charge is 0.481 e. The van der Waals surface area contributed by atoms with Crippen LogP contribution in [0, 0.1) is 0 Å². The van der Waals surface area contributed by atoms with E-state index in [1.807, 2.05) is 6.26 Å². The molecule has 0 radical (unpaired) electrons. The molecular weight excluding hydrogens is 140 g/mol. The van der Waals surface area contributed by atoms with Crippen molar-refractivity contribution in [1.82, 2.24) is 0 Å². The van der Waals surface area contributed by atoms with Crippen LogP contribution in [0.1, 0.15) is 6.42 Å². The molecule has 0 aromatic rings. The fraction of sp³-hybridized carbons (Fsp3) is 0.800. The minimum atomic E-state index is -0.948. The Morgan fingerprint density at radius 2 is 2.33 bits per heavy atom. The van der Waals surface area contributed by atoms with E-state index in [4.69, 9.17) is 10.2 Å². The van der Waals surface area contributed by atoms with Gasteiger partial charge in [-0.1, -0.05) is 0 Å². The van der Waals surface area contributed by atoms with Gasteiger partial charge in [0.1, 0.15) is 0 Å². The highest BCUT2D eigenvalue weighted by Gasteiger charge is 2.06. The van der Waals surface area contributed by atoms with Crippen molar-refractivity contribution in [1.29, 1.82) is 0 Å². The van der Waals surface area contributed by atoms with E-state index < -0.39 is 12.1 Å². The van der Waals surface area contributed by atoms with Gasteiger partial charge in [0, 0.05) is 5.75 Å². The van der Waals surface area contributed by atoms with Crippen LogP contribution in [0.5, 0.6) is 0 Å². The average molecular weight is 150 g/mol. The number of thioether (sulfide) groups is 1. The molecule has 0 heterocycles. The van der Waals surface area contributed by atoms with Gasteiger partial charge in [-0.15, -0.1) is 0 Å². The smallest absolute Gasteiger partial charge is 0.306 e. The molecule has 0 saturated heterocycles. The van der Waals surface area contributed by atoms with E-state index in [2.05, 4.69) is 0 Å². The standard InChI is InChI=1S/C5H10O3S/c1-9-3-4(6)2-5(7)8/h4,6H,2-3H2,1H3,(H,7,8). The molecule has 3 nitrogen and oxygen atoms in total. The molecule has 0 amide bonds. The molecule has 0 spiro atoms. The Morgan fingerprint density at radius 3 is 2.67 bits per heavy atom. The van der Waals surface area contributed by atoms with Crippen LogP contribution in [0.15, 0.2) is 0 Å². The number of carboxylic acids is 1. The summed E-state index contributed by atoms with van der Waals surface area (Å²) < 4.78 is 0. The first kappa shape index (κ1) is 8.78. The normalized spacial score (nSPS) is 13.1. The SMILES string of the molecule is CSCC(O)CC(=O)O. The number of aliphatic hydroxyl groups excluding tert-OH is 1. The minimum Gasteiger partial charge on any atom is -0.481 e. The summed E-state index contributed by atoms with van der Waals surface area (Å²) in [4.78, 5) is 9.92. The van der Waals surface area contributed by atoms with Crippen LogP contribution in [-0.4, -0.2) is 34.3 Å². The molecule has 4 heteroatoms. The fourth-order valence-corrected chi connectivity index (χ4v) is 0.956. The zero-order valence-corrected chi connectivity index (χ0v) is 6.02. The van der Waals surface area contributed by atoms with Gasteiger partial charge in [0.25, 0.3) is 0 Å². The van der Waals surface area contributed by atoms with E-state index in [0.717, 1.165) is 0 Å². The lowest BCUT2D eigenvalue weighted by atomic mass is 10.3. The maximum Gasteiger partial charge on any atom is 0.306 e. The van der Waals surface area contributed by atoms with E-state index in [1.54, 1.807) is 0 Å². The molecule has 0 aliphatic rings. The van der Waals surface area contributed by atoms with Gasteiger partial charge in [-0.25, -0.2) is 0 Å². The molecule has 1 atom stereocenters. The summed E-state index contributed by atoms with van der Waals surface area (Å²) >= 11 is 1.44. The van der Waals surface area contributed by atoms with E-state index in [1.165, 1.54) is 11.8 Å². The average Bonchev–Trinajstić information content (AvgIpc) is 1.63. The number of hydrogen-bond acceptors (Lipinski definition) is 3. The molecule has 9 heavy (non-hydrogen) atoms. The maximum atomic E-state index is 9.92. The number of carbonyl (C=O) groups is 1. The molecule has 2 N–H and O–H groups in total. The Labute approximate surface area is 58.1 Å². The first-order chi connectivity index (χ1) is 4.16. The topological polar surface area (TPSA) is 57.5 Å². The van der Waals surface area contributed by atoms with Gasteiger partial charge in [0.2, 0.25) is 0 Å². The van der Waals surface area contributed by atoms with Gasteiger partial charge >= 0.3 is 5.97 Å².